The maximum Gasteiger partial charge on any atom is 0.237 e. The van der Waals surface area contributed by atoms with Crippen molar-refractivity contribution in [1.29, 1.82) is 0 Å². The summed E-state index contributed by atoms with van der Waals surface area (Å²) in [5, 5.41) is 3.32. The SMILES string of the molecule is CC1CNc2cc(C(C)C)cnc2O1. The zero-order valence-corrected chi connectivity index (χ0v) is 8.87. The Balaban J connectivity index is 2.31. The normalized spacial score (nSPS) is 19.9. The standard InChI is InChI=1S/C11H16N2O/c1-7(2)9-4-10-11(13-6-9)14-8(3)5-12-10/h4,6-8,12H,5H2,1-3H3. The molecule has 1 aromatic heterocycles. The summed E-state index contributed by atoms with van der Waals surface area (Å²) in [6, 6.07) is 2.12. The average molecular weight is 192 g/mol. The molecule has 0 aliphatic carbocycles. The van der Waals surface area contributed by atoms with E-state index in [9.17, 15) is 0 Å². The predicted octanol–water partition coefficient (Wildman–Crippen LogP) is 2.40. The monoisotopic (exact) mass is 192 g/mol. The molecular weight excluding hydrogens is 176 g/mol. The van der Waals surface area contributed by atoms with Gasteiger partial charge in [-0.05, 0) is 24.5 Å². The van der Waals surface area contributed by atoms with Crippen LogP contribution in [0.25, 0.3) is 0 Å². The Hall–Kier alpha value is -1.25. The van der Waals surface area contributed by atoms with Crippen LogP contribution in [0.5, 0.6) is 5.88 Å². The average Bonchev–Trinajstić information content (AvgIpc) is 2.16. The van der Waals surface area contributed by atoms with Gasteiger partial charge in [-0.25, -0.2) is 4.98 Å². The van der Waals surface area contributed by atoms with Crippen molar-refractivity contribution in [3.63, 3.8) is 0 Å². The Kier molecular flexibility index (Phi) is 2.32. The lowest BCUT2D eigenvalue weighted by molar-refractivity contribution is 0.216. The van der Waals surface area contributed by atoms with Gasteiger partial charge in [-0.15, -0.1) is 0 Å². The second kappa shape index (κ2) is 3.48. The van der Waals surface area contributed by atoms with Crippen LogP contribution in [0.3, 0.4) is 0 Å². The second-order valence-corrected chi connectivity index (χ2v) is 4.09. The lowest BCUT2D eigenvalue weighted by Gasteiger charge is -2.24. The molecule has 3 nitrogen and oxygen atoms in total. The molecule has 0 radical (unpaired) electrons. The zero-order valence-electron chi connectivity index (χ0n) is 8.87. The fourth-order valence-electron chi connectivity index (χ4n) is 1.49. The van der Waals surface area contributed by atoms with Crippen molar-refractivity contribution in [3.8, 4) is 5.88 Å². The van der Waals surface area contributed by atoms with E-state index in [4.69, 9.17) is 4.74 Å². The van der Waals surface area contributed by atoms with Gasteiger partial charge in [0.1, 0.15) is 6.10 Å². The first-order valence-electron chi connectivity index (χ1n) is 5.07. The van der Waals surface area contributed by atoms with Crippen LogP contribution in [-0.4, -0.2) is 17.6 Å². The highest BCUT2D eigenvalue weighted by atomic mass is 16.5. The zero-order chi connectivity index (χ0) is 10.1. The molecule has 0 saturated carbocycles. The van der Waals surface area contributed by atoms with Gasteiger partial charge in [0.05, 0.1) is 12.2 Å². The van der Waals surface area contributed by atoms with Gasteiger partial charge in [0, 0.05) is 6.20 Å². The molecule has 1 aliphatic heterocycles. The van der Waals surface area contributed by atoms with Crippen LogP contribution in [0.15, 0.2) is 12.3 Å². The van der Waals surface area contributed by atoms with Crippen molar-refractivity contribution in [2.24, 2.45) is 0 Å². The molecule has 76 valence electrons. The molecule has 0 amide bonds. The fraction of sp³-hybridized carbons (Fsp3) is 0.545. The highest BCUT2D eigenvalue weighted by molar-refractivity contribution is 5.55. The molecule has 0 spiro atoms. The lowest BCUT2D eigenvalue weighted by atomic mass is 10.1. The molecule has 1 N–H and O–H groups in total. The lowest BCUT2D eigenvalue weighted by Crippen LogP contribution is -2.28. The maximum atomic E-state index is 5.59. The summed E-state index contributed by atoms with van der Waals surface area (Å²) in [5.74, 6) is 1.24. The summed E-state index contributed by atoms with van der Waals surface area (Å²) in [5.41, 5.74) is 2.27. The number of fused-ring (bicyclic) bond motifs is 1. The van der Waals surface area contributed by atoms with Gasteiger partial charge < -0.3 is 10.1 Å². The minimum absolute atomic E-state index is 0.208. The van der Waals surface area contributed by atoms with E-state index >= 15 is 0 Å². The first-order valence-corrected chi connectivity index (χ1v) is 5.07. The molecule has 0 aromatic carbocycles. The van der Waals surface area contributed by atoms with Gasteiger partial charge in [-0.3, -0.25) is 0 Å². The van der Waals surface area contributed by atoms with E-state index in [1.165, 1.54) is 5.56 Å². The molecule has 1 atom stereocenters. The van der Waals surface area contributed by atoms with Crippen molar-refractivity contribution in [1.82, 2.24) is 4.98 Å². The van der Waals surface area contributed by atoms with E-state index in [0.717, 1.165) is 18.1 Å². The number of aromatic nitrogens is 1. The number of rotatable bonds is 1. The Morgan fingerprint density at radius 2 is 2.36 bits per heavy atom. The Morgan fingerprint density at radius 1 is 1.57 bits per heavy atom. The number of hydrogen-bond acceptors (Lipinski definition) is 3. The first kappa shape index (κ1) is 9.31. The van der Waals surface area contributed by atoms with Crippen molar-refractivity contribution >= 4 is 5.69 Å². The third-order valence-electron chi connectivity index (χ3n) is 2.43. The third kappa shape index (κ3) is 1.67. The van der Waals surface area contributed by atoms with Gasteiger partial charge in [0.15, 0.2) is 0 Å². The molecule has 1 aromatic rings. The van der Waals surface area contributed by atoms with E-state index < -0.39 is 0 Å². The smallest absolute Gasteiger partial charge is 0.237 e. The van der Waals surface area contributed by atoms with Crippen LogP contribution in [0, 0.1) is 0 Å². The van der Waals surface area contributed by atoms with E-state index in [1.807, 2.05) is 13.1 Å². The number of nitrogens with one attached hydrogen (secondary N) is 1. The van der Waals surface area contributed by atoms with Crippen molar-refractivity contribution in [2.75, 3.05) is 11.9 Å². The molecule has 1 aliphatic rings. The quantitative estimate of drug-likeness (QED) is 0.742. The van der Waals surface area contributed by atoms with Crippen LogP contribution >= 0.6 is 0 Å². The third-order valence-corrected chi connectivity index (χ3v) is 2.43. The van der Waals surface area contributed by atoms with Crippen molar-refractivity contribution in [2.45, 2.75) is 32.8 Å². The number of ether oxygens (including phenoxy) is 1. The van der Waals surface area contributed by atoms with Crippen molar-refractivity contribution < 1.29 is 4.74 Å². The summed E-state index contributed by atoms with van der Waals surface area (Å²) in [6.45, 7) is 7.22. The van der Waals surface area contributed by atoms with Gasteiger partial charge in [0.25, 0.3) is 0 Å². The Bertz CT molecular complexity index is 336. The molecule has 0 bridgehead atoms. The summed E-state index contributed by atoms with van der Waals surface area (Å²) < 4.78 is 5.59. The number of nitrogens with zero attached hydrogens (tertiary/aromatic N) is 1. The topological polar surface area (TPSA) is 34.2 Å². The number of anilines is 1. The number of hydrogen-bond donors (Lipinski definition) is 1. The largest absolute Gasteiger partial charge is 0.471 e. The minimum atomic E-state index is 0.208. The second-order valence-electron chi connectivity index (χ2n) is 4.09. The van der Waals surface area contributed by atoms with Gasteiger partial charge in [-0.1, -0.05) is 13.8 Å². The summed E-state index contributed by atoms with van der Waals surface area (Å²) in [6.07, 6.45) is 2.10. The van der Waals surface area contributed by atoms with Gasteiger partial charge >= 0.3 is 0 Å². The first-order chi connectivity index (χ1) is 6.66. The summed E-state index contributed by atoms with van der Waals surface area (Å²) in [4.78, 5) is 4.31. The van der Waals surface area contributed by atoms with Gasteiger partial charge in [-0.2, -0.15) is 0 Å². The minimum Gasteiger partial charge on any atom is -0.471 e. The predicted molar refractivity (Wildman–Crippen MR) is 56.9 cm³/mol. The molecule has 3 heteroatoms. The molecule has 2 heterocycles. The highest BCUT2D eigenvalue weighted by Crippen LogP contribution is 2.29. The van der Waals surface area contributed by atoms with Crippen LogP contribution in [0.2, 0.25) is 0 Å². The molecule has 0 fully saturated rings. The van der Waals surface area contributed by atoms with Crippen LogP contribution in [0.1, 0.15) is 32.3 Å². The van der Waals surface area contributed by atoms with Crippen molar-refractivity contribution in [3.05, 3.63) is 17.8 Å². The molecule has 1 unspecified atom stereocenters. The van der Waals surface area contributed by atoms with E-state index in [1.54, 1.807) is 0 Å². The van der Waals surface area contributed by atoms with Crippen LogP contribution < -0.4 is 10.1 Å². The molecule has 0 saturated heterocycles. The van der Waals surface area contributed by atoms with Crippen LogP contribution in [-0.2, 0) is 0 Å². The fourth-order valence-corrected chi connectivity index (χ4v) is 1.49. The van der Waals surface area contributed by atoms with Gasteiger partial charge in [0.2, 0.25) is 5.88 Å². The molecule has 2 rings (SSSR count). The highest BCUT2D eigenvalue weighted by Gasteiger charge is 2.17. The number of pyridine rings is 1. The van der Waals surface area contributed by atoms with Crippen LogP contribution in [0.4, 0.5) is 5.69 Å². The Morgan fingerprint density at radius 3 is 3.07 bits per heavy atom. The summed E-state index contributed by atoms with van der Waals surface area (Å²) >= 11 is 0. The maximum absolute atomic E-state index is 5.59. The van der Waals surface area contributed by atoms with E-state index in [0.29, 0.717) is 5.92 Å². The Labute approximate surface area is 84.5 Å². The van der Waals surface area contributed by atoms with E-state index in [-0.39, 0.29) is 6.10 Å². The summed E-state index contributed by atoms with van der Waals surface area (Å²) in [7, 11) is 0. The van der Waals surface area contributed by atoms with E-state index in [2.05, 4.69) is 30.2 Å². The molecular formula is C11H16N2O. The molecule has 14 heavy (non-hydrogen) atoms.